The molecule has 1 aromatic carbocycles. The van der Waals surface area contributed by atoms with Crippen LogP contribution >= 0.6 is 12.4 Å². The minimum atomic E-state index is -0.642. The van der Waals surface area contributed by atoms with E-state index in [0.717, 1.165) is 25.7 Å². The first-order valence-corrected chi connectivity index (χ1v) is 8.15. The summed E-state index contributed by atoms with van der Waals surface area (Å²) in [5, 5.41) is 3.11. The van der Waals surface area contributed by atoms with Gasteiger partial charge in [0.2, 0.25) is 5.91 Å². The summed E-state index contributed by atoms with van der Waals surface area (Å²) < 4.78 is 0. The molecule has 0 radical (unpaired) electrons. The Kier molecular flexibility index (Phi) is 7.37. The van der Waals surface area contributed by atoms with Gasteiger partial charge in [0.1, 0.15) is 0 Å². The van der Waals surface area contributed by atoms with Gasteiger partial charge in [-0.2, -0.15) is 0 Å². The molecule has 1 unspecified atom stereocenters. The molecule has 0 aromatic heterocycles. The molecule has 0 heterocycles. The third kappa shape index (κ3) is 4.72. The van der Waals surface area contributed by atoms with Gasteiger partial charge in [0.15, 0.2) is 0 Å². The molecular formula is C18H29ClN2O. The zero-order valence-corrected chi connectivity index (χ0v) is 14.5. The van der Waals surface area contributed by atoms with E-state index in [9.17, 15) is 4.79 Å². The standard InChI is InChI=1S/C18H28N2O.ClH/c1-14(2)16(15-9-5-3-6-10-15)13-20-17(21)18(19)11-7-4-8-12-18;/h3,5-6,9-10,14,16H,4,7-8,11-13,19H2,1-2H3,(H,20,21);1H. The number of halogens is 1. The minimum absolute atomic E-state index is 0. The van der Waals surface area contributed by atoms with Gasteiger partial charge in [-0.3, -0.25) is 4.79 Å². The third-order valence-corrected chi connectivity index (χ3v) is 4.71. The molecule has 1 aromatic rings. The van der Waals surface area contributed by atoms with Gasteiger partial charge in [-0.05, 0) is 24.3 Å². The summed E-state index contributed by atoms with van der Waals surface area (Å²) in [6.07, 6.45) is 4.96. The van der Waals surface area contributed by atoms with E-state index in [-0.39, 0.29) is 18.3 Å². The van der Waals surface area contributed by atoms with Crippen LogP contribution in [0, 0.1) is 5.92 Å². The Labute approximate surface area is 140 Å². The van der Waals surface area contributed by atoms with E-state index in [1.165, 1.54) is 12.0 Å². The van der Waals surface area contributed by atoms with Crippen molar-refractivity contribution >= 4 is 18.3 Å². The molecular weight excluding hydrogens is 296 g/mol. The molecule has 1 atom stereocenters. The van der Waals surface area contributed by atoms with Crippen molar-refractivity contribution in [1.29, 1.82) is 0 Å². The summed E-state index contributed by atoms with van der Waals surface area (Å²) in [6, 6.07) is 10.4. The monoisotopic (exact) mass is 324 g/mol. The molecule has 22 heavy (non-hydrogen) atoms. The van der Waals surface area contributed by atoms with Gasteiger partial charge in [0, 0.05) is 12.5 Å². The SMILES string of the molecule is CC(C)C(CNC(=O)C1(N)CCCCC1)c1ccccc1.Cl. The number of nitrogens with two attached hydrogens (primary N) is 1. The predicted molar refractivity (Wildman–Crippen MR) is 94.3 cm³/mol. The van der Waals surface area contributed by atoms with Crippen molar-refractivity contribution in [2.45, 2.75) is 57.4 Å². The summed E-state index contributed by atoms with van der Waals surface area (Å²) in [7, 11) is 0. The van der Waals surface area contributed by atoms with Gasteiger partial charge in [-0.25, -0.2) is 0 Å². The van der Waals surface area contributed by atoms with E-state index in [2.05, 4.69) is 43.4 Å². The lowest BCUT2D eigenvalue weighted by Crippen LogP contribution is -2.55. The molecule has 0 bridgehead atoms. The molecule has 1 aliphatic carbocycles. The van der Waals surface area contributed by atoms with Crippen LogP contribution in [0.1, 0.15) is 57.4 Å². The Morgan fingerprint density at radius 3 is 2.32 bits per heavy atom. The van der Waals surface area contributed by atoms with Crippen LogP contribution in [0.15, 0.2) is 30.3 Å². The second-order valence-corrected chi connectivity index (χ2v) is 6.69. The van der Waals surface area contributed by atoms with Crippen molar-refractivity contribution in [3.8, 4) is 0 Å². The highest BCUT2D eigenvalue weighted by molar-refractivity contribution is 5.86. The zero-order chi connectivity index (χ0) is 15.3. The first kappa shape index (κ1) is 19.0. The topological polar surface area (TPSA) is 55.1 Å². The maximum absolute atomic E-state index is 12.4. The number of carbonyl (C=O) groups excluding carboxylic acids is 1. The second kappa shape index (κ2) is 8.54. The molecule has 3 nitrogen and oxygen atoms in total. The second-order valence-electron chi connectivity index (χ2n) is 6.69. The van der Waals surface area contributed by atoms with Crippen molar-refractivity contribution < 1.29 is 4.79 Å². The van der Waals surface area contributed by atoms with Gasteiger partial charge in [0.05, 0.1) is 5.54 Å². The molecule has 0 spiro atoms. The van der Waals surface area contributed by atoms with Crippen LogP contribution in [-0.4, -0.2) is 18.0 Å². The molecule has 0 aliphatic heterocycles. The summed E-state index contributed by atoms with van der Waals surface area (Å²) in [4.78, 5) is 12.4. The van der Waals surface area contributed by atoms with Crippen LogP contribution in [0.2, 0.25) is 0 Å². The number of benzene rings is 1. The smallest absolute Gasteiger partial charge is 0.240 e. The normalized spacial score (nSPS) is 18.4. The van der Waals surface area contributed by atoms with Gasteiger partial charge < -0.3 is 11.1 Å². The van der Waals surface area contributed by atoms with Crippen molar-refractivity contribution in [2.75, 3.05) is 6.54 Å². The minimum Gasteiger partial charge on any atom is -0.354 e. The van der Waals surface area contributed by atoms with E-state index in [4.69, 9.17) is 5.73 Å². The fourth-order valence-electron chi connectivity index (χ4n) is 3.23. The Bertz CT molecular complexity index is 455. The van der Waals surface area contributed by atoms with Crippen LogP contribution < -0.4 is 11.1 Å². The molecule has 2 rings (SSSR count). The highest BCUT2D eigenvalue weighted by atomic mass is 35.5. The van der Waals surface area contributed by atoms with E-state index in [0.29, 0.717) is 18.4 Å². The summed E-state index contributed by atoms with van der Waals surface area (Å²) >= 11 is 0. The number of rotatable bonds is 5. The maximum atomic E-state index is 12.4. The molecule has 124 valence electrons. The van der Waals surface area contributed by atoms with Crippen LogP contribution in [0.5, 0.6) is 0 Å². The fraction of sp³-hybridized carbons (Fsp3) is 0.611. The molecule has 0 saturated heterocycles. The average molecular weight is 325 g/mol. The maximum Gasteiger partial charge on any atom is 0.240 e. The number of amides is 1. The predicted octanol–water partition coefficient (Wildman–Crippen LogP) is 3.63. The lowest BCUT2D eigenvalue weighted by molar-refractivity contribution is -0.127. The van der Waals surface area contributed by atoms with Crippen LogP contribution in [0.4, 0.5) is 0 Å². The van der Waals surface area contributed by atoms with Crippen molar-refractivity contribution in [3.05, 3.63) is 35.9 Å². The number of nitrogens with one attached hydrogen (secondary N) is 1. The Morgan fingerprint density at radius 2 is 1.77 bits per heavy atom. The van der Waals surface area contributed by atoms with Crippen LogP contribution in [0.25, 0.3) is 0 Å². The highest BCUT2D eigenvalue weighted by Gasteiger charge is 2.35. The van der Waals surface area contributed by atoms with Gasteiger partial charge in [-0.15, -0.1) is 12.4 Å². The van der Waals surface area contributed by atoms with Gasteiger partial charge in [-0.1, -0.05) is 63.4 Å². The highest BCUT2D eigenvalue weighted by Crippen LogP contribution is 2.27. The Hall–Kier alpha value is -1.06. The molecule has 1 saturated carbocycles. The molecule has 1 amide bonds. The van der Waals surface area contributed by atoms with Gasteiger partial charge >= 0.3 is 0 Å². The lowest BCUT2D eigenvalue weighted by atomic mass is 9.81. The van der Waals surface area contributed by atoms with E-state index in [1.807, 2.05) is 6.07 Å². The summed E-state index contributed by atoms with van der Waals surface area (Å²) in [5.74, 6) is 0.846. The van der Waals surface area contributed by atoms with Gasteiger partial charge in [0.25, 0.3) is 0 Å². The molecule has 4 heteroatoms. The Morgan fingerprint density at radius 1 is 1.18 bits per heavy atom. The largest absolute Gasteiger partial charge is 0.354 e. The summed E-state index contributed by atoms with van der Waals surface area (Å²) in [6.45, 7) is 5.06. The first-order valence-electron chi connectivity index (χ1n) is 8.15. The number of hydrogen-bond acceptors (Lipinski definition) is 2. The average Bonchev–Trinajstić information content (AvgIpc) is 2.48. The number of carbonyl (C=O) groups is 1. The van der Waals surface area contributed by atoms with Crippen molar-refractivity contribution in [3.63, 3.8) is 0 Å². The van der Waals surface area contributed by atoms with E-state index >= 15 is 0 Å². The van der Waals surface area contributed by atoms with Crippen molar-refractivity contribution in [2.24, 2.45) is 11.7 Å². The van der Waals surface area contributed by atoms with E-state index in [1.54, 1.807) is 0 Å². The van der Waals surface area contributed by atoms with E-state index < -0.39 is 5.54 Å². The lowest BCUT2D eigenvalue weighted by Gasteiger charge is -2.33. The first-order chi connectivity index (χ1) is 10.0. The molecule has 1 fully saturated rings. The molecule has 1 aliphatic rings. The Balaban J connectivity index is 0.00000242. The fourth-order valence-corrected chi connectivity index (χ4v) is 3.23. The summed E-state index contributed by atoms with van der Waals surface area (Å²) in [5.41, 5.74) is 6.93. The van der Waals surface area contributed by atoms with Crippen LogP contribution in [0.3, 0.4) is 0 Å². The third-order valence-electron chi connectivity index (χ3n) is 4.71. The van der Waals surface area contributed by atoms with Crippen LogP contribution in [-0.2, 0) is 4.79 Å². The molecule has 3 N–H and O–H groups in total. The quantitative estimate of drug-likeness (QED) is 0.869. The van der Waals surface area contributed by atoms with Crippen molar-refractivity contribution in [1.82, 2.24) is 5.32 Å². The zero-order valence-electron chi connectivity index (χ0n) is 13.7. The number of hydrogen-bond donors (Lipinski definition) is 2.